The first-order valence-corrected chi connectivity index (χ1v) is 13.1. The summed E-state index contributed by atoms with van der Waals surface area (Å²) in [6.45, 7) is 2.43. The van der Waals surface area contributed by atoms with Crippen LogP contribution in [0.5, 0.6) is 5.75 Å². The van der Waals surface area contributed by atoms with E-state index >= 15 is 0 Å². The van der Waals surface area contributed by atoms with Gasteiger partial charge in [-0.25, -0.2) is 16.8 Å². The van der Waals surface area contributed by atoms with Crippen LogP contribution in [0.25, 0.3) is 0 Å². The van der Waals surface area contributed by atoms with Crippen LogP contribution in [0.2, 0.25) is 0 Å². The lowest BCUT2D eigenvalue weighted by molar-refractivity contribution is 0.313. The second-order valence-corrected chi connectivity index (χ2v) is 11.0. The third-order valence-electron chi connectivity index (χ3n) is 4.68. The maximum absolute atomic E-state index is 13.3. The smallest absolute Gasteiger partial charge is 0.264 e. The lowest BCUT2D eigenvalue weighted by Crippen LogP contribution is -2.32. The van der Waals surface area contributed by atoms with Gasteiger partial charge in [-0.2, -0.15) is 0 Å². The zero-order valence-corrected chi connectivity index (χ0v) is 19.1. The second-order valence-electron chi connectivity index (χ2n) is 7.17. The highest BCUT2D eigenvalue weighted by molar-refractivity contribution is 7.92. The van der Waals surface area contributed by atoms with Crippen molar-refractivity contribution in [3.05, 3.63) is 84.4 Å². The first-order valence-electron chi connectivity index (χ1n) is 9.75. The highest BCUT2D eigenvalue weighted by Crippen LogP contribution is 2.24. The van der Waals surface area contributed by atoms with E-state index in [0.29, 0.717) is 17.9 Å². The Balaban J connectivity index is 1.71. The molecule has 0 aliphatic rings. The van der Waals surface area contributed by atoms with Crippen LogP contribution >= 0.6 is 0 Å². The zero-order chi connectivity index (χ0) is 22.5. The Kier molecular flexibility index (Phi) is 7.02. The summed E-state index contributed by atoms with van der Waals surface area (Å²) in [5.74, 6) is 0.528. The number of para-hydroxylation sites is 1. The summed E-state index contributed by atoms with van der Waals surface area (Å²) in [6.07, 6.45) is 1.60. The van der Waals surface area contributed by atoms with Gasteiger partial charge in [-0.05, 0) is 55.5 Å². The van der Waals surface area contributed by atoms with Gasteiger partial charge in [0.05, 0.1) is 22.1 Å². The van der Waals surface area contributed by atoms with Crippen LogP contribution in [-0.4, -0.2) is 36.2 Å². The van der Waals surface area contributed by atoms with E-state index < -0.39 is 19.9 Å². The minimum atomic E-state index is -3.73. The molecule has 3 aromatic carbocycles. The normalized spacial score (nSPS) is 11.8. The van der Waals surface area contributed by atoms with Crippen LogP contribution in [0.4, 0.5) is 5.69 Å². The Morgan fingerprint density at radius 2 is 1.35 bits per heavy atom. The maximum atomic E-state index is 13.3. The van der Waals surface area contributed by atoms with Crippen LogP contribution in [0, 0.1) is 6.92 Å². The van der Waals surface area contributed by atoms with Gasteiger partial charge in [0.1, 0.15) is 5.75 Å². The van der Waals surface area contributed by atoms with E-state index in [1.54, 1.807) is 60.7 Å². The maximum Gasteiger partial charge on any atom is 0.264 e. The molecule has 0 unspecified atom stereocenters. The molecule has 0 bridgehead atoms. The van der Waals surface area contributed by atoms with Crippen LogP contribution in [0.15, 0.2) is 88.7 Å². The molecule has 0 aliphatic heterocycles. The molecule has 3 aromatic rings. The summed E-state index contributed by atoms with van der Waals surface area (Å²) in [5, 5.41) is 0. The summed E-state index contributed by atoms with van der Waals surface area (Å²) < 4.78 is 56.7. The van der Waals surface area contributed by atoms with Crippen molar-refractivity contribution in [1.82, 2.24) is 0 Å². The summed E-state index contributed by atoms with van der Waals surface area (Å²) in [5.41, 5.74) is 1.57. The molecule has 0 fully saturated rings. The van der Waals surface area contributed by atoms with E-state index in [9.17, 15) is 16.8 Å². The van der Waals surface area contributed by atoms with Gasteiger partial charge >= 0.3 is 0 Å². The lowest BCUT2D eigenvalue weighted by atomic mass is 10.2. The largest absolute Gasteiger partial charge is 0.494 e. The van der Waals surface area contributed by atoms with Crippen molar-refractivity contribution < 1.29 is 21.6 Å². The third-order valence-corrected chi connectivity index (χ3v) is 7.65. The van der Waals surface area contributed by atoms with E-state index in [1.807, 2.05) is 13.0 Å². The van der Waals surface area contributed by atoms with Gasteiger partial charge in [-0.3, -0.25) is 4.31 Å². The fraction of sp³-hybridized carbons (Fsp3) is 0.217. The van der Waals surface area contributed by atoms with Crippen molar-refractivity contribution in [1.29, 1.82) is 0 Å². The fourth-order valence-corrected chi connectivity index (χ4v) is 5.13. The van der Waals surface area contributed by atoms with Crippen molar-refractivity contribution in [3.8, 4) is 5.75 Å². The topological polar surface area (TPSA) is 80.8 Å². The number of hydrogen-bond donors (Lipinski definition) is 0. The predicted octanol–water partition coefficient (Wildman–Crippen LogP) is 4.06. The molecule has 0 aliphatic carbocycles. The summed E-state index contributed by atoms with van der Waals surface area (Å²) in [6, 6.07) is 21.9. The number of aryl methyl sites for hydroxylation is 1. The predicted molar refractivity (Wildman–Crippen MR) is 122 cm³/mol. The Hall–Kier alpha value is -2.84. The van der Waals surface area contributed by atoms with Gasteiger partial charge in [-0.1, -0.05) is 35.9 Å². The van der Waals surface area contributed by atoms with Gasteiger partial charge in [0.15, 0.2) is 9.84 Å². The molecule has 6 nitrogen and oxygen atoms in total. The molecule has 0 heterocycles. The summed E-state index contributed by atoms with van der Waals surface area (Å²) in [7, 11) is -6.99. The number of rotatable bonds is 9. The molecule has 0 saturated carbocycles. The van der Waals surface area contributed by atoms with Crippen LogP contribution in [-0.2, 0) is 19.9 Å². The van der Waals surface area contributed by atoms with Crippen LogP contribution < -0.4 is 9.04 Å². The number of sulfone groups is 1. The highest BCUT2D eigenvalue weighted by Gasteiger charge is 2.24. The molecule has 8 heteroatoms. The molecule has 31 heavy (non-hydrogen) atoms. The van der Waals surface area contributed by atoms with E-state index in [1.165, 1.54) is 16.4 Å². The minimum absolute atomic E-state index is 0.222. The third kappa shape index (κ3) is 5.86. The Morgan fingerprint density at radius 1 is 0.774 bits per heavy atom. The molecule has 0 N–H and O–H groups in total. The Bertz CT molecular complexity index is 1210. The molecule has 0 saturated heterocycles. The molecular formula is C23H25NO5S2. The van der Waals surface area contributed by atoms with Crippen molar-refractivity contribution in [2.75, 3.05) is 23.7 Å². The van der Waals surface area contributed by atoms with E-state index in [2.05, 4.69) is 0 Å². The average Bonchev–Trinajstić information content (AvgIpc) is 2.74. The first kappa shape index (κ1) is 22.8. The number of hydrogen-bond acceptors (Lipinski definition) is 5. The number of sulfonamides is 1. The van der Waals surface area contributed by atoms with Crippen LogP contribution in [0.1, 0.15) is 12.0 Å². The number of nitrogens with zero attached hydrogens (tertiary/aromatic N) is 1. The summed E-state index contributed by atoms with van der Waals surface area (Å²) >= 11 is 0. The molecular weight excluding hydrogens is 434 g/mol. The van der Waals surface area contributed by atoms with Gasteiger partial charge in [0.2, 0.25) is 0 Å². The zero-order valence-electron chi connectivity index (χ0n) is 17.4. The average molecular weight is 460 g/mol. The molecule has 0 aromatic heterocycles. The van der Waals surface area contributed by atoms with Crippen molar-refractivity contribution in [2.45, 2.75) is 23.1 Å². The molecule has 0 amide bonds. The van der Waals surface area contributed by atoms with E-state index in [0.717, 1.165) is 11.8 Å². The number of benzene rings is 3. The monoisotopic (exact) mass is 459 g/mol. The molecule has 164 valence electrons. The molecule has 0 radical (unpaired) electrons. The lowest BCUT2D eigenvalue weighted by Gasteiger charge is -2.24. The standard InChI is InChI=1S/C23H25NO5S2/c1-19-9-13-23(14-10-19)31(27,28)24(20-7-4-3-5-8-20)17-6-18-29-21-11-15-22(16-12-21)30(2,25)26/h3-5,7-16H,6,17-18H2,1-2H3. The van der Waals surface area contributed by atoms with Crippen molar-refractivity contribution >= 4 is 25.5 Å². The molecule has 3 rings (SSSR count). The second kappa shape index (κ2) is 9.53. The van der Waals surface area contributed by atoms with Crippen LogP contribution in [0.3, 0.4) is 0 Å². The fourth-order valence-electron chi connectivity index (χ4n) is 3.00. The number of anilines is 1. The number of ether oxygens (including phenoxy) is 1. The molecule has 0 atom stereocenters. The van der Waals surface area contributed by atoms with E-state index in [-0.39, 0.29) is 22.9 Å². The first-order chi connectivity index (χ1) is 14.7. The molecule has 0 spiro atoms. The summed E-state index contributed by atoms with van der Waals surface area (Å²) in [4.78, 5) is 0.457. The van der Waals surface area contributed by atoms with Crippen molar-refractivity contribution in [2.24, 2.45) is 0 Å². The van der Waals surface area contributed by atoms with Gasteiger partial charge < -0.3 is 4.74 Å². The van der Waals surface area contributed by atoms with Gasteiger partial charge in [-0.15, -0.1) is 0 Å². The van der Waals surface area contributed by atoms with Gasteiger partial charge in [0.25, 0.3) is 10.0 Å². The highest BCUT2D eigenvalue weighted by atomic mass is 32.2. The quantitative estimate of drug-likeness (QED) is 0.451. The van der Waals surface area contributed by atoms with Gasteiger partial charge in [0, 0.05) is 19.2 Å². The van der Waals surface area contributed by atoms with Crippen molar-refractivity contribution in [3.63, 3.8) is 0 Å². The SMILES string of the molecule is Cc1ccc(S(=O)(=O)N(CCCOc2ccc(S(C)(=O)=O)cc2)c2ccccc2)cc1. The van der Waals surface area contributed by atoms with E-state index in [4.69, 9.17) is 4.74 Å². The Labute approximate surface area is 184 Å². The minimum Gasteiger partial charge on any atom is -0.494 e. The Morgan fingerprint density at radius 3 is 1.94 bits per heavy atom.